The van der Waals surface area contributed by atoms with E-state index in [1.54, 1.807) is 0 Å². The maximum Gasteiger partial charge on any atom is 0.191 e. The smallest absolute Gasteiger partial charge is 0.191 e. The van der Waals surface area contributed by atoms with Gasteiger partial charge in [-0.15, -0.1) is 34.2 Å². The largest absolute Gasteiger partial charge is 0.356 e. The van der Waals surface area contributed by atoms with Gasteiger partial charge in [0, 0.05) is 20.1 Å². The molecule has 0 aromatic carbocycles. The quantitative estimate of drug-likeness (QED) is 0.236. The van der Waals surface area contributed by atoms with Crippen LogP contribution in [0.4, 0.5) is 0 Å². The number of unbranched alkanes of at least 4 members (excludes halogenated alkanes) is 1. The first kappa shape index (κ1) is 24.2. The van der Waals surface area contributed by atoms with Crippen LogP contribution in [-0.2, 0) is 13.6 Å². The predicted molar refractivity (Wildman–Crippen MR) is 124 cm³/mol. The van der Waals surface area contributed by atoms with E-state index in [-0.39, 0.29) is 24.0 Å². The number of nitrogens with one attached hydrogen (secondary N) is 2. The van der Waals surface area contributed by atoms with E-state index < -0.39 is 0 Å². The van der Waals surface area contributed by atoms with Gasteiger partial charge in [-0.1, -0.05) is 40.0 Å². The van der Waals surface area contributed by atoms with Gasteiger partial charge >= 0.3 is 0 Å². The molecule has 0 amide bonds. The standard InChI is InChI=1S/C20H38N6.HI/c1-6-7-12-21-19(22-14-18-25-24-17(4)26(18)5)23-15-20(13-16(2)3)10-8-9-11-20;/h16H,6-15H2,1-5H3,(H2,21,22,23);1H. The molecule has 0 radical (unpaired) electrons. The highest BCUT2D eigenvalue weighted by molar-refractivity contribution is 14.0. The Balaban J connectivity index is 0.00000364. The Labute approximate surface area is 182 Å². The summed E-state index contributed by atoms with van der Waals surface area (Å²) < 4.78 is 2.00. The number of rotatable bonds is 9. The molecule has 0 spiro atoms. The summed E-state index contributed by atoms with van der Waals surface area (Å²) in [4.78, 5) is 4.78. The molecular formula is C20H39IN6. The normalized spacial score (nSPS) is 16.4. The molecule has 2 N–H and O–H groups in total. The Bertz CT molecular complexity index is 575. The van der Waals surface area contributed by atoms with Crippen LogP contribution in [0, 0.1) is 18.3 Å². The van der Waals surface area contributed by atoms with Gasteiger partial charge in [0.25, 0.3) is 0 Å². The summed E-state index contributed by atoms with van der Waals surface area (Å²) in [5.74, 6) is 3.47. The first-order valence-corrected chi connectivity index (χ1v) is 10.3. The van der Waals surface area contributed by atoms with E-state index in [0.717, 1.165) is 43.0 Å². The van der Waals surface area contributed by atoms with Crippen LogP contribution < -0.4 is 10.6 Å². The fourth-order valence-corrected chi connectivity index (χ4v) is 4.01. The molecule has 0 bridgehead atoms. The molecule has 1 aromatic rings. The second-order valence-corrected chi connectivity index (χ2v) is 8.33. The first-order chi connectivity index (χ1) is 12.5. The van der Waals surface area contributed by atoms with Crippen molar-refractivity contribution in [2.75, 3.05) is 13.1 Å². The summed E-state index contributed by atoms with van der Waals surface area (Å²) in [6.45, 7) is 11.4. The number of aliphatic imine (C=N–C) groups is 1. The van der Waals surface area contributed by atoms with E-state index in [0.29, 0.717) is 12.0 Å². The molecular weight excluding hydrogens is 451 g/mol. The van der Waals surface area contributed by atoms with Gasteiger partial charge in [-0.2, -0.15) is 0 Å². The van der Waals surface area contributed by atoms with Crippen molar-refractivity contribution in [3.63, 3.8) is 0 Å². The predicted octanol–water partition coefficient (Wildman–Crippen LogP) is 4.18. The molecule has 1 aliphatic carbocycles. The van der Waals surface area contributed by atoms with Gasteiger partial charge in [0.15, 0.2) is 11.8 Å². The van der Waals surface area contributed by atoms with Crippen molar-refractivity contribution in [3.05, 3.63) is 11.6 Å². The number of guanidine groups is 1. The number of halogens is 1. The average Bonchev–Trinajstić information content (AvgIpc) is 3.18. The first-order valence-electron chi connectivity index (χ1n) is 10.3. The number of aryl methyl sites for hydroxylation is 1. The summed E-state index contributed by atoms with van der Waals surface area (Å²) in [5, 5.41) is 15.5. The van der Waals surface area contributed by atoms with Crippen molar-refractivity contribution in [2.45, 2.75) is 79.2 Å². The van der Waals surface area contributed by atoms with Gasteiger partial charge in [0.1, 0.15) is 12.4 Å². The Morgan fingerprint density at radius 1 is 1.22 bits per heavy atom. The van der Waals surface area contributed by atoms with Crippen molar-refractivity contribution in [1.82, 2.24) is 25.4 Å². The van der Waals surface area contributed by atoms with Crippen LogP contribution in [0.3, 0.4) is 0 Å². The summed E-state index contributed by atoms with van der Waals surface area (Å²) >= 11 is 0. The van der Waals surface area contributed by atoms with Crippen LogP contribution >= 0.6 is 24.0 Å². The van der Waals surface area contributed by atoms with Crippen LogP contribution in [0.1, 0.15) is 77.4 Å². The minimum absolute atomic E-state index is 0. The van der Waals surface area contributed by atoms with Crippen molar-refractivity contribution in [1.29, 1.82) is 0 Å². The van der Waals surface area contributed by atoms with Crippen LogP contribution in [0.25, 0.3) is 0 Å². The lowest BCUT2D eigenvalue weighted by molar-refractivity contribution is 0.234. The number of nitrogens with zero attached hydrogens (tertiary/aromatic N) is 4. The van der Waals surface area contributed by atoms with Crippen molar-refractivity contribution < 1.29 is 0 Å². The Morgan fingerprint density at radius 3 is 2.48 bits per heavy atom. The van der Waals surface area contributed by atoms with Crippen molar-refractivity contribution in [2.24, 2.45) is 23.4 Å². The SMILES string of the molecule is CCCCNC(=NCc1nnc(C)n1C)NCC1(CC(C)C)CCCC1.I. The minimum Gasteiger partial charge on any atom is -0.356 e. The number of aromatic nitrogens is 3. The molecule has 1 fully saturated rings. The Kier molecular flexibility index (Phi) is 10.6. The van der Waals surface area contributed by atoms with E-state index in [4.69, 9.17) is 4.99 Å². The van der Waals surface area contributed by atoms with Crippen molar-refractivity contribution >= 4 is 29.9 Å². The topological polar surface area (TPSA) is 67.1 Å². The molecule has 7 heteroatoms. The molecule has 1 heterocycles. The Morgan fingerprint density at radius 2 is 1.93 bits per heavy atom. The third-order valence-electron chi connectivity index (χ3n) is 5.52. The average molecular weight is 490 g/mol. The van der Waals surface area contributed by atoms with Crippen LogP contribution in [0.2, 0.25) is 0 Å². The summed E-state index contributed by atoms with van der Waals surface area (Å²) in [5.41, 5.74) is 0.433. The minimum atomic E-state index is 0. The number of hydrogen-bond acceptors (Lipinski definition) is 3. The fourth-order valence-electron chi connectivity index (χ4n) is 4.01. The van der Waals surface area contributed by atoms with E-state index in [1.807, 2.05) is 18.5 Å². The fraction of sp³-hybridized carbons (Fsp3) is 0.850. The van der Waals surface area contributed by atoms with E-state index >= 15 is 0 Å². The van der Waals surface area contributed by atoms with Crippen LogP contribution in [0.5, 0.6) is 0 Å². The molecule has 0 unspecified atom stereocenters. The lowest BCUT2D eigenvalue weighted by Crippen LogP contribution is -2.43. The van der Waals surface area contributed by atoms with E-state index in [2.05, 4.69) is 41.6 Å². The van der Waals surface area contributed by atoms with Gasteiger partial charge in [0.2, 0.25) is 0 Å². The second kappa shape index (κ2) is 11.9. The van der Waals surface area contributed by atoms with Gasteiger partial charge < -0.3 is 15.2 Å². The highest BCUT2D eigenvalue weighted by Gasteiger charge is 2.34. The van der Waals surface area contributed by atoms with Crippen LogP contribution in [-0.4, -0.2) is 33.8 Å². The van der Waals surface area contributed by atoms with Gasteiger partial charge in [-0.05, 0) is 43.9 Å². The summed E-state index contributed by atoms with van der Waals surface area (Å²) in [6.07, 6.45) is 9.03. The summed E-state index contributed by atoms with van der Waals surface area (Å²) in [6, 6.07) is 0. The lowest BCUT2D eigenvalue weighted by atomic mass is 9.78. The molecule has 1 aliphatic rings. The van der Waals surface area contributed by atoms with Gasteiger partial charge in [-0.25, -0.2) is 4.99 Å². The zero-order valence-electron chi connectivity index (χ0n) is 17.8. The molecule has 156 valence electrons. The zero-order valence-corrected chi connectivity index (χ0v) is 20.2. The van der Waals surface area contributed by atoms with Gasteiger partial charge in [0.05, 0.1) is 0 Å². The maximum absolute atomic E-state index is 4.78. The number of hydrogen-bond donors (Lipinski definition) is 2. The molecule has 0 aliphatic heterocycles. The molecule has 0 saturated heterocycles. The Hall–Kier alpha value is -0.860. The molecule has 1 aromatic heterocycles. The molecule has 2 rings (SSSR count). The van der Waals surface area contributed by atoms with E-state index in [1.165, 1.54) is 38.5 Å². The molecule has 6 nitrogen and oxygen atoms in total. The highest BCUT2D eigenvalue weighted by atomic mass is 127. The van der Waals surface area contributed by atoms with Crippen molar-refractivity contribution in [3.8, 4) is 0 Å². The monoisotopic (exact) mass is 490 g/mol. The third kappa shape index (κ3) is 7.58. The molecule has 1 saturated carbocycles. The molecule has 0 atom stereocenters. The summed E-state index contributed by atoms with van der Waals surface area (Å²) in [7, 11) is 1.99. The second-order valence-electron chi connectivity index (χ2n) is 8.33. The van der Waals surface area contributed by atoms with E-state index in [9.17, 15) is 0 Å². The van der Waals surface area contributed by atoms with Crippen LogP contribution in [0.15, 0.2) is 4.99 Å². The molecule has 27 heavy (non-hydrogen) atoms. The zero-order chi connectivity index (χ0) is 19.0. The van der Waals surface area contributed by atoms with Gasteiger partial charge in [-0.3, -0.25) is 0 Å². The highest BCUT2D eigenvalue weighted by Crippen LogP contribution is 2.42. The maximum atomic E-state index is 4.78. The third-order valence-corrected chi connectivity index (χ3v) is 5.52. The lowest BCUT2D eigenvalue weighted by Gasteiger charge is -2.32.